The second kappa shape index (κ2) is 15.9. The number of aromatic nitrogens is 1. The molecule has 17 heteroatoms. The Balaban J connectivity index is 0.974. The molecule has 1 aromatic heterocycles. The molecule has 2 saturated heterocycles. The Labute approximate surface area is 325 Å². The molecule has 1 unspecified atom stereocenters. The normalized spacial score (nSPS) is 17.3. The number of piperidine rings is 2. The first-order valence-corrected chi connectivity index (χ1v) is 18.3. The topological polar surface area (TPSA) is 174 Å². The van der Waals surface area contributed by atoms with Gasteiger partial charge in [0.2, 0.25) is 11.8 Å². The number of carbonyl (C=O) groups is 5. The third-order valence-electron chi connectivity index (χ3n) is 10.3. The van der Waals surface area contributed by atoms with E-state index in [4.69, 9.17) is 4.74 Å². The summed E-state index contributed by atoms with van der Waals surface area (Å²) in [5.74, 6) is -2.06. The molecule has 296 valence electrons. The van der Waals surface area contributed by atoms with Crippen molar-refractivity contribution in [3.8, 4) is 5.75 Å². The number of amides is 5. The van der Waals surface area contributed by atoms with Crippen molar-refractivity contribution in [2.24, 2.45) is 0 Å². The van der Waals surface area contributed by atoms with Crippen molar-refractivity contribution in [2.45, 2.75) is 50.5 Å². The van der Waals surface area contributed by atoms with Gasteiger partial charge in [-0.25, -0.2) is 4.98 Å². The van der Waals surface area contributed by atoms with Crippen molar-refractivity contribution in [3.63, 3.8) is 0 Å². The van der Waals surface area contributed by atoms with Gasteiger partial charge in [0.05, 0.1) is 46.4 Å². The first-order chi connectivity index (χ1) is 27.3. The van der Waals surface area contributed by atoms with E-state index >= 15 is 0 Å². The maximum Gasteiger partial charge on any atom is 0.419 e. The van der Waals surface area contributed by atoms with Gasteiger partial charge in [0.1, 0.15) is 17.6 Å². The molecular weight excluding hydrogens is 745 g/mol. The van der Waals surface area contributed by atoms with Crippen molar-refractivity contribution in [2.75, 3.05) is 42.8 Å². The van der Waals surface area contributed by atoms with Gasteiger partial charge in [-0.1, -0.05) is 18.2 Å². The fourth-order valence-corrected chi connectivity index (χ4v) is 7.27. The number of nitrogens with one attached hydrogen (secondary N) is 5. The summed E-state index contributed by atoms with van der Waals surface area (Å²) < 4.78 is 47.7. The number of ether oxygens (including phenoxy) is 1. The van der Waals surface area contributed by atoms with Crippen LogP contribution in [-0.2, 0) is 22.3 Å². The van der Waals surface area contributed by atoms with Crippen LogP contribution in [0.4, 0.5) is 41.7 Å². The lowest BCUT2D eigenvalue weighted by Gasteiger charge is -2.34. The molecule has 0 aliphatic carbocycles. The van der Waals surface area contributed by atoms with Crippen molar-refractivity contribution in [3.05, 3.63) is 101 Å². The van der Waals surface area contributed by atoms with E-state index in [1.165, 1.54) is 32.4 Å². The van der Waals surface area contributed by atoms with E-state index in [1.54, 1.807) is 36.4 Å². The van der Waals surface area contributed by atoms with Crippen LogP contribution in [0.15, 0.2) is 72.9 Å². The molecule has 57 heavy (non-hydrogen) atoms. The average Bonchev–Trinajstić information content (AvgIpc) is 3.44. The summed E-state index contributed by atoms with van der Waals surface area (Å²) in [6.07, 6.45) is -2.23. The quantitative estimate of drug-likeness (QED) is 0.128. The zero-order valence-electron chi connectivity index (χ0n) is 31.0. The minimum Gasteiger partial charge on any atom is -0.494 e. The average molecular weight is 785 g/mol. The third-order valence-corrected chi connectivity index (χ3v) is 10.3. The zero-order valence-corrected chi connectivity index (χ0v) is 31.0. The highest BCUT2D eigenvalue weighted by Crippen LogP contribution is 2.39. The summed E-state index contributed by atoms with van der Waals surface area (Å²) in [4.78, 5) is 69.8. The van der Waals surface area contributed by atoms with E-state index < -0.39 is 47.3 Å². The summed E-state index contributed by atoms with van der Waals surface area (Å²) in [6, 6.07) is 17.2. The number of methoxy groups -OCH3 is 1. The van der Waals surface area contributed by atoms with Gasteiger partial charge in [-0.15, -0.1) is 0 Å². The summed E-state index contributed by atoms with van der Waals surface area (Å²) in [5, 5.41) is 14.1. The monoisotopic (exact) mass is 784 g/mol. The predicted octanol–water partition coefficient (Wildman–Crippen LogP) is 5.12. The number of anilines is 5. The van der Waals surface area contributed by atoms with E-state index in [0.717, 1.165) is 48.3 Å². The molecular formula is C40H39F3N8O6. The fraction of sp³-hybridized carbons (Fsp3) is 0.300. The van der Waals surface area contributed by atoms with Gasteiger partial charge in [0.25, 0.3) is 17.7 Å². The number of fused-ring (bicyclic) bond motifs is 1. The number of hydrogen-bond donors (Lipinski definition) is 5. The lowest BCUT2D eigenvalue weighted by molar-refractivity contribution is -0.137. The van der Waals surface area contributed by atoms with E-state index in [0.29, 0.717) is 18.0 Å². The number of carbonyl (C=O) groups excluding carboxylic acids is 5. The lowest BCUT2D eigenvalue weighted by Crippen LogP contribution is -2.54. The van der Waals surface area contributed by atoms with Crippen LogP contribution in [0.5, 0.6) is 5.75 Å². The molecule has 0 spiro atoms. The van der Waals surface area contributed by atoms with Gasteiger partial charge >= 0.3 is 6.18 Å². The van der Waals surface area contributed by atoms with E-state index in [2.05, 4.69) is 36.5 Å². The smallest absolute Gasteiger partial charge is 0.419 e. The highest BCUT2D eigenvalue weighted by Gasteiger charge is 2.44. The van der Waals surface area contributed by atoms with Crippen molar-refractivity contribution in [1.82, 2.24) is 25.8 Å². The number of imide groups is 2. The molecule has 5 amide bonds. The molecule has 4 aromatic rings. The Morgan fingerprint density at radius 2 is 1.65 bits per heavy atom. The number of alkyl halides is 3. The Hall–Kier alpha value is -6.49. The van der Waals surface area contributed by atoms with Crippen LogP contribution in [-0.4, -0.2) is 78.8 Å². The molecule has 0 radical (unpaired) electrons. The van der Waals surface area contributed by atoms with E-state index in [9.17, 15) is 37.1 Å². The first kappa shape index (κ1) is 38.8. The number of para-hydroxylation sites is 1. The molecule has 3 aromatic carbocycles. The van der Waals surface area contributed by atoms with E-state index in [-0.39, 0.29) is 52.8 Å². The molecule has 1 atom stereocenters. The van der Waals surface area contributed by atoms with Crippen LogP contribution in [0, 0.1) is 0 Å². The summed E-state index contributed by atoms with van der Waals surface area (Å²) in [6.45, 7) is 1.90. The maximum absolute atomic E-state index is 14.0. The highest BCUT2D eigenvalue weighted by molar-refractivity contribution is 6.23. The van der Waals surface area contributed by atoms with Crippen molar-refractivity contribution in [1.29, 1.82) is 0 Å². The third kappa shape index (κ3) is 8.09. The summed E-state index contributed by atoms with van der Waals surface area (Å²) in [7, 11) is 2.93. The predicted molar refractivity (Wildman–Crippen MR) is 204 cm³/mol. The van der Waals surface area contributed by atoms with Gasteiger partial charge in [-0.05, 0) is 61.2 Å². The Morgan fingerprint density at radius 3 is 2.37 bits per heavy atom. The molecule has 14 nitrogen and oxygen atoms in total. The molecule has 4 heterocycles. The maximum atomic E-state index is 14.0. The van der Waals surface area contributed by atoms with Crippen LogP contribution < -0.4 is 36.2 Å². The van der Waals surface area contributed by atoms with Crippen LogP contribution in [0.3, 0.4) is 0 Å². The molecule has 0 saturated carbocycles. The highest BCUT2D eigenvalue weighted by atomic mass is 19.4. The summed E-state index contributed by atoms with van der Waals surface area (Å²) in [5.41, 5.74) is 1.73. The standard InChI is InChI=1S/C40H39F3N8O6/c1-44-36(53)26-5-3-4-6-29(26)47-31-19-34(46-21-28(31)40(41,42)43)48-30-10-8-24(18-33(30)57-2)50-15-13-23(14-16-50)45-20-22-7-9-25-27(17-22)39(56)51(38(25)55)32-11-12-35(52)49-37(32)54/h3-10,17-19,21,23,32,45H,11-16,20H2,1-2H3,(H,44,53)(H2,46,47,48)(H,49,52,54). The van der Waals surface area contributed by atoms with Crippen LogP contribution in [0.1, 0.15) is 67.9 Å². The largest absolute Gasteiger partial charge is 0.494 e. The van der Waals surface area contributed by atoms with Gasteiger partial charge in [-0.3, -0.25) is 34.2 Å². The van der Waals surface area contributed by atoms with Crippen LogP contribution in [0.25, 0.3) is 0 Å². The molecule has 5 N–H and O–H groups in total. The fourth-order valence-electron chi connectivity index (χ4n) is 7.27. The number of hydrogen-bond acceptors (Lipinski definition) is 11. The number of benzene rings is 3. The summed E-state index contributed by atoms with van der Waals surface area (Å²) >= 11 is 0. The van der Waals surface area contributed by atoms with Gasteiger partial charge in [0.15, 0.2) is 0 Å². The first-order valence-electron chi connectivity index (χ1n) is 18.3. The molecule has 2 fully saturated rings. The molecule has 3 aliphatic heterocycles. The minimum atomic E-state index is -4.72. The molecule has 0 bridgehead atoms. The second-order valence-electron chi connectivity index (χ2n) is 13.8. The Bertz CT molecular complexity index is 2260. The number of nitrogens with zero attached hydrogens (tertiary/aromatic N) is 3. The Kier molecular flexibility index (Phi) is 10.8. The second-order valence-corrected chi connectivity index (χ2v) is 13.8. The van der Waals surface area contributed by atoms with Crippen molar-refractivity contribution >= 4 is 58.1 Å². The number of halogens is 3. The van der Waals surface area contributed by atoms with Gasteiger partial charge in [0, 0.05) is 63.2 Å². The van der Waals surface area contributed by atoms with Crippen LogP contribution >= 0.6 is 0 Å². The molecule has 3 aliphatic rings. The Morgan fingerprint density at radius 1 is 0.895 bits per heavy atom. The zero-order chi connectivity index (χ0) is 40.4. The van der Waals surface area contributed by atoms with Crippen molar-refractivity contribution < 1.29 is 41.9 Å². The number of rotatable bonds is 11. The van der Waals surface area contributed by atoms with Gasteiger partial charge < -0.3 is 30.9 Å². The minimum absolute atomic E-state index is 0.0524. The molecule has 7 rings (SSSR count). The number of pyridine rings is 1. The van der Waals surface area contributed by atoms with Crippen LogP contribution in [0.2, 0.25) is 0 Å². The van der Waals surface area contributed by atoms with Gasteiger partial charge in [-0.2, -0.15) is 13.2 Å². The SMILES string of the molecule is CNC(=O)c1ccccc1Nc1cc(Nc2ccc(N3CCC(NCc4ccc5c(c4)C(=O)N(C4CCC(=O)NC4=O)C5=O)CC3)cc2OC)ncc1C(F)(F)F. The van der Waals surface area contributed by atoms with E-state index in [1.807, 2.05) is 12.1 Å². The lowest BCUT2D eigenvalue weighted by atomic mass is 10.0.